The fourth-order valence-corrected chi connectivity index (χ4v) is 4.83. The zero-order valence-electron chi connectivity index (χ0n) is 17.3. The maximum absolute atomic E-state index is 14.8. The average Bonchev–Trinajstić information content (AvgIpc) is 2.91. The highest BCUT2D eigenvalue weighted by molar-refractivity contribution is 9.10. The second kappa shape index (κ2) is 8.46. The summed E-state index contributed by atoms with van der Waals surface area (Å²) in [6, 6.07) is 5.18. The Morgan fingerprint density at radius 1 is 1.24 bits per heavy atom. The van der Waals surface area contributed by atoms with Crippen LogP contribution in [0.25, 0.3) is 10.9 Å². The number of aromatic nitrogens is 1. The molecular weight excluding hydrogens is 441 g/mol. The molecule has 1 saturated carbocycles. The molecule has 0 amide bonds. The number of hydrogen-bond acceptors (Lipinski definition) is 4. The van der Waals surface area contributed by atoms with Crippen molar-refractivity contribution in [1.82, 2.24) is 4.57 Å². The van der Waals surface area contributed by atoms with E-state index in [1.54, 1.807) is 16.7 Å². The van der Waals surface area contributed by atoms with Crippen molar-refractivity contribution in [3.63, 3.8) is 0 Å². The molecule has 0 bridgehead atoms. The van der Waals surface area contributed by atoms with Gasteiger partial charge in [-0.2, -0.15) is 0 Å². The molecule has 29 heavy (non-hydrogen) atoms. The summed E-state index contributed by atoms with van der Waals surface area (Å²) in [7, 11) is 1.32. The van der Waals surface area contributed by atoms with Crippen molar-refractivity contribution in [2.75, 3.05) is 7.11 Å². The summed E-state index contributed by atoms with van der Waals surface area (Å²) in [5, 5.41) is 0.836. The lowest BCUT2D eigenvalue weighted by molar-refractivity contribution is -0.155. The van der Waals surface area contributed by atoms with Crippen molar-refractivity contribution in [2.45, 2.75) is 70.7 Å². The first-order valence-electron chi connectivity index (χ1n) is 9.88. The largest absolute Gasteiger partial charge is 0.465 e. The molecule has 3 rings (SSSR count). The molecule has 158 valence electrons. The summed E-state index contributed by atoms with van der Waals surface area (Å²) in [5.41, 5.74) is 1.30. The number of carbonyl (C=O) groups is 2. The summed E-state index contributed by atoms with van der Waals surface area (Å²) in [5.74, 6) is -1.11. The van der Waals surface area contributed by atoms with Crippen LogP contribution >= 0.6 is 15.9 Å². The second-order valence-electron chi connectivity index (χ2n) is 8.51. The maximum atomic E-state index is 14.8. The van der Waals surface area contributed by atoms with Gasteiger partial charge in [-0.1, -0.05) is 18.9 Å². The Bertz CT molecular complexity index is 931. The van der Waals surface area contributed by atoms with Crippen molar-refractivity contribution < 1.29 is 23.5 Å². The van der Waals surface area contributed by atoms with Crippen LogP contribution in [0.2, 0.25) is 0 Å². The van der Waals surface area contributed by atoms with E-state index in [0.29, 0.717) is 22.1 Å². The molecule has 1 fully saturated rings. The molecule has 0 saturated heterocycles. The maximum Gasteiger partial charge on any atom is 0.337 e. The Kier molecular flexibility index (Phi) is 6.36. The number of hydrogen-bond donors (Lipinski definition) is 0. The minimum absolute atomic E-state index is 0.0390. The fourth-order valence-electron chi connectivity index (χ4n) is 4.01. The van der Waals surface area contributed by atoms with Gasteiger partial charge in [-0.05, 0) is 67.2 Å². The molecule has 1 aliphatic rings. The first-order chi connectivity index (χ1) is 13.6. The molecule has 1 aliphatic carbocycles. The van der Waals surface area contributed by atoms with Gasteiger partial charge >= 0.3 is 11.9 Å². The van der Waals surface area contributed by atoms with Gasteiger partial charge in [0.25, 0.3) is 0 Å². The van der Waals surface area contributed by atoms with Crippen molar-refractivity contribution in [2.24, 2.45) is 0 Å². The lowest BCUT2D eigenvalue weighted by Crippen LogP contribution is -2.26. The van der Waals surface area contributed by atoms with E-state index in [0.717, 1.165) is 30.2 Å². The Balaban J connectivity index is 2.12. The highest BCUT2D eigenvalue weighted by atomic mass is 79.9. The average molecular weight is 468 g/mol. The Morgan fingerprint density at radius 2 is 1.93 bits per heavy atom. The van der Waals surface area contributed by atoms with Crippen LogP contribution in [-0.4, -0.2) is 35.4 Å². The van der Waals surface area contributed by atoms with Crippen LogP contribution in [0.3, 0.4) is 0 Å². The van der Waals surface area contributed by atoms with Crippen molar-refractivity contribution in [3.05, 3.63) is 33.9 Å². The van der Waals surface area contributed by atoms with E-state index < -0.39 is 23.7 Å². The number of fused-ring (bicyclic) bond motifs is 1. The highest BCUT2D eigenvalue weighted by Crippen LogP contribution is 2.43. The molecule has 0 unspecified atom stereocenters. The minimum atomic E-state index is -0.930. The van der Waals surface area contributed by atoms with Crippen molar-refractivity contribution >= 4 is 38.8 Å². The number of rotatable bonds is 4. The van der Waals surface area contributed by atoms with Gasteiger partial charge in [0, 0.05) is 11.3 Å². The third-order valence-corrected chi connectivity index (χ3v) is 6.07. The van der Waals surface area contributed by atoms with Crippen LogP contribution in [0.15, 0.2) is 22.8 Å². The first-order valence-corrected chi connectivity index (χ1v) is 10.7. The molecule has 1 aromatic heterocycles. The van der Waals surface area contributed by atoms with Crippen LogP contribution in [-0.2, 0) is 20.8 Å². The molecule has 0 aliphatic heterocycles. The molecule has 1 aromatic carbocycles. The highest BCUT2D eigenvalue weighted by Gasteiger charge is 2.32. The summed E-state index contributed by atoms with van der Waals surface area (Å²) in [6.07, 6.45) is 2.22. The van der Waals surface area contributed by atoms with Gasteiger partial charge in [-0.15, -0.1) is 0 Å². The van der Waals surface area contributed by atoms with E-state index in [1.165, 1.54) is 7.11 Å². The van der Waals surface area contributed by atoms with E-state index in [4.69, 9.17) is 9.47 Å². The number of halogens is 2. The lowest BCUT2D eigenvalue weighted by atomic mass is 9.82. The van der Waals surface area contributed by atoms with Gasteiger partial charge in [0.05, 0.1) is 22.8 Å². The smallest absolute Gasteiger partial charge is 0.337 e. The molecule has 2 aromatic rings. The third-order valence-electron chi connectivity index (χ3n) is 5.22. The minimum Gasteiger partial charge on any atom is -0.465 e. The third kappa shape index (κ3) is 4.65. The Labute approximate surface area is 178 Å². The van der Waals surface area contributed by atoms with Gasteiger partial charge < -0.3 is 14.0 Å². The van der Waals surface area contributed by atoms with E-state index in [1.807, 2.05) is 26.8 Å². The van der Waals surface area contributed by atoms with Crippen molar-refractivity contribution in [3.8, 4) is 0 Å². The summed E-state index contributed by atoms with van der Waals surface area (Å²) in [6.45, 7) is 5.39. The molecule has 0 spiro atoms. The van der Waals surface area contributed by atoms with E-state index in [9.17, 15) is 14.0 Å². The number of methoxy groups -OCH3 is 1. The number of carbonyl (C=O) groups excluding carboxylic acids is 2. The van der Waals surface area contributed by atoms with E-state index >= 15 is 0 Å². The SMILES string of the molecule is COC(=O)c1ccc2c([C@H]3CCCC[C@@H]3F)c(Br)n(CC(=O)OC(C)(C)C)c2c1. The monoisotopic (exact) mass is 467 g/mol. The second-order valence-corrected chi connectivity index (χ2v) is 9.26. The number of nitrogens with zero attached hydrogens (tertiary/aromatic N) is 1. The topological polar surface area (TPSA) is 57.5 Å². The van der Waals surface area contributed by atoms with E-state index in [2.05, 4.69) is 15.9 Å². The molecule has 7 heteroatoms. The predicted molar refractivity (Wildman–Crippen MR) is 113 cm³/mol. The Morgan fingerprint density at radius 3 is 2.55 bits per heavy atom. The van der Waals surface area contributed by atoms with Gasteiger partial charge in [0.15, 0.2) is 0 Å². The molecule has 1 heterocycles. The Hall–Kier alpha value is -1.89. The standard InChI is InChI=1S/C22H27BrFNO4/c1-22(2,3)29-18(26)12-25-17-11-13(21(27)28-4)9-10-15(17)19(20(25)23)14-7-5-6-8-16(14)24/h9-11,14,16H,5-8,12H2,1-4H3/t14-,16-/m0/s1. The predicted octanol–water partition coefficient (Wildman–Crippen LogP) is 5.53. The summed E-state index contributed by atoms with van der Waals surface area (Å²) in [4.78, 5) is 24.5. The van der Waals surface area contributed by atoms with Gasteiger partial charge in [0.1, 0.15) is 18.3 Å². The van der Waals surface area contributed by atoms with Crippen LogP contribution in [0.1, 0.15) is 68.3 Å². The molecule has 5 nitrogen and oxygen atoms in total. The van der Waals surface area contributed by atoms with Gasteiger partial charge in [0.2, 0.25) is 0 Å². The number of alkyl halides is 1. The zero-order chi connectivity index (χ0) is 21.3. The zero-order valence-corrected chi connectivity index (χ0v) is 18.8. The van der Waals surface area contributed by atoms with Crippen LogP contribution in [0.5, 0.6) is 0 Å². The number of esters is 2. The lowest BCUT2D eigenvalue weighted by Gasteiger charge is -2.26. The normalized spacial score (nSPS) is 19.9. The molecular formula is C22H27BrFNO4. The number of ether oxygens (including phenoxy) is 2. The van der Waals surface area contributed by atoms with Crippen LogP contribution < -0.4 is 0 Å². The molecule has 2 atom stereocenters. The van der Waals surface area contributed by atoms with Gasteiger partial charge in [-0.3, -0.25) is 4.79 Å². The van der Waals surface area contributed by atoms with E-state index in [-0.39, 0.29) is 12.5 Å². The number of benzene rings is 1. The summed E-state index contributed by atoms with van der Waals surface area (Å²) >= 11 is 3.62. The van der Waals surface area contributed by atoms with Crippen LogP contribution in [0.4, 0.5) is 4.39 Å². The molecule has 0 N–H and O–H groups in total. The van der Waals surface area contributed by atoms with Crippen LogP contribution in [0, 0.1) is 0 Å². The van der Waals surface area contributed by atoms with Crippen molar-refractivity contribution in [1.29, 1.82) is 0 Å². The quantitative estimate of drug-likeness (QED) is 0.554. The first kappa shape index (κ1) is 21.8. The molecule has 0 radical (unpaired) electrons. The summed E-state index contributed by atoms with van der Waals surface area (Å²) < 4.78 is 27.5. The van der Waals surface area contributed by atoms with Gasteiger partial charge in [-0.25, -0.2) is 9.18 Å². The fraction of sp³-hybridized carbons (Fsp3) is 0.545.